The first-order chi connectivity index (χ1) is 11.9. The lowest BCUT2D eigenvalue weighted by molar-refractivity contribution is 0.354. The van der Waals surface area contributed by atoms with Gasteiger partial charge in [0.25, 0.3) is 10.0 Å². The number of ether oxygens (including phenoxy) is 2. The molecule has 0 amide bonds. The van der Waals surface area contributed by atoms with Crippen LogP contribution in [0.4, 0.5) is 11.5 Å². The summed E-state index contributed by atoms with van der Waals surface area (Å²) in [7, 11) is -0.813. The Morgan fingerprint density at radius 1 is 1.12 bits per heavy atom. The van der Waals surface area contributed by atoms with E-state index in [2.05, 4.69) is 28.9 Å². The molecule has 2 aromatic rings. The molecule has 0 aliphatic heterocycles. The maximum atomic E-state index is 12.5. The smallest absolute Gasteiger partial charge is 0.262 e. The Balaban J connectivity index is 2.18. The number of hydrogen-bond acceptors (Lipinski definition) is 6. The van der Waals surface area contributed by atoms with Crippen LogP contribution in [0.25, 0.3) is 0 Å². The molecule has 0 bridgehead atoms. The minimum Gasteiger partial charge on any atom is -0.493 e. The molecule has 0 saturated carbocycles. The van der Waals surface area contributed by atoms with Crippen LogP contribution in [-0.4, -0.2) is 33.7 Å². The van der Waals surface area contributed by atoms with Gasteiger partial charge in [0.2, 0.25) is 0 Å². The summed E-state index contributed by atoms with van der Waals surface area (Å²) in [6.07, 6.45) is 2.44. The van der Waals surface area contributed by atoms with Crippen LogP contribution in [0.5, 0.6) is 11.5 Å². The number of nitrogens with zero attached hydrogens (tertiary/aromatic N) is 1. The highest BCUT2D eigenvalue weighted by Gasteiger charge is 2.17. The van der Waals surface area contributed by atoms with Gasteiger partial charge in [0.15, 0.2) is 11.5 Å². The number of benzene rings is 1. The fraction of sp³-hybridized carbons (Fsp3) is 0.353. The summed E-state index contributed by atoms with van der Waals surface area (Å²) in [5.74, 6) is 1.50. The quantitative estimate of drug-likeness (QED) is 0.747. The van der Waals surface area contributed by atoms with Gasteiger partial charge in [0.05, 0.1) is 31.0 Å². The number of aromatic nitrogens is 1. The third kappa shape index (κ3) is 4.76. The molecule has 0 saturated heterocycles. The fourth-order valence-corrected chi connectivity index (χ4v) is 3.15. The van der Waals surface area contributed by atoms with E-state index in [0.717, 1.165) is 6.42 Å². The second-order valence-corrected chi connectivity index (χ2v) is 7.19. The summed E-state index contributed by atoms with van der Waals surface area (Å²) in [6.45, 7) is 4.12. The van der Waals surface area contributed by atoms with E-state index in [1.54, 1.807) is 18.2 Å². The molecule has 2 N–H and O–H groups in total. The predicted molar refractivity (Wildman–Crippen MR) is 98.0 cm³/mol. The summed E-state index contributed by atoms with van der Waals surface area (Å²) >= 11 is 0. The first kappa shape index (κ1) is 18.9. The van der Waals surface area contributed by atoms with Crippen molar-refractivity contribution in [1.82, 2.24) is 4.98 Å². The van der Waals surface area contributed by atoms with Crippen LogP contribution >= 0.6 is 0 Å². The Hall–Kier alpha value is -2.48. The van der Waals surface area contributed by atoms with Crippen LogP contribution in [0.1, 0.15) is 20.3 Å². The molecular formula is C17H23N3O4S. The van der Waals surface area contributed by atoms with Crippen molar-refractivity contribution >= 4 is 21.5 Å². The van der Waals surface area contributed by atoms with E-state index in [0.29, 0.717) is 29.0 Å². The molecule has 2 rings (SSSR count). The average molecular weight is 365 g/mol. The van der Waals surface area contributed by atoms with Crippen molar-refractivity contribution < 1.29 is 17.9 Å². The lowest BCUT2D eigenvalue weighted by Crippen LogP contribution is -2.15. The zero-order valence-corrected chi connectivity index (χ0v) is 15.6. The average Bonchev–Trinajstić information content (AvgIpc) is 2.62. The largest absolute Gasteiger partial charge is 0.493 e. The van der Waals surface area contributed by atoms with Crippen LogP contribution in [0.3, 0.4) is 0 Å². The minimum atomic E-state index is -3.76. The van der Waals surface area contributed by atoms with Crippen molar-refractivity contribution in [1.29, 1.82) is 0 Å². The highest BCUT2D eigenvalue weighted by molar-refractivity contribution is 7.92. The highest BCUT2D eigenvalue weighted by atomic mass is 32.2. The Morgan fingerprint density at radius 2 is 1.84 bits per heavy atom. The molecular weight excluding hydrogens is 342 g/mol. The van der Waals surface area contributed by atoms with Crippen LogP contribution in [0.15, 0.2) is 41.4 Å². The minimum absolute atomic E-state index is 0.0759. The summed E-state index contributed by atoms with van der Waals surface area (Å²) in [5, 5.41) is 3.22. The maximum absolute atomic E-state index is 12.5. The van der Waals surface area contributed by atoms with E-state index in [-0.39, 0.29) is 4.90 Å². The molecule has 0 radical (unpaired) electrons. The molecule has 1 aromatic carbocycles. The SMILES string of the molecule is CCC(C)Nc1ccc(NS(=O)(=O)c2ccc(OC)c(OC)c2)cn1. The van der Waals surface area contributed by atoms with Gasteiger partial charge < -0.3 is 14.8 Å². The van der Waals surface area contributed by atoms with Crippen LogP contribution < -0.4 is 19.5 Å². The summed E-state index contributed by atoms with van der Waals surface area (Å²) in [6, 6.07) is 8.10. The lowest BCUT2D eigenvalue weighted by Gasteiger charge is -2.13. The van der Waals surface area contributed by atoms with E-state index < -0.39 is 10.0 Å². The predicted octanol–water partition coefficient (Wildman–Crippen LogP) is 3.11. The number of pyridine rings is 1. The standard InChI is InChI=1S/C17H23N3O4S/c1-5-12(2)19-17-9-6-13(11-18-17)20-25(21,22)14-7-8-15(23-3)16(10-14)24-4/h6-12,20H,5H2,1-4H3,(H,18,19). The van der Waals surface area contributed by atoms with E-state index in [9.17, 15) is 8.42 Å². The number of hydrogen-bond donors (Lipinski definition) is 2. The molecule has 0 fully saturated rings. The molecule has 25 heavy (non-hydrogen) atoms. The molecule has 1 atom stereocenters. The van der Waals surface area contributed by atoms with Gasteiger partial charge in [0.1, 0.15) is 5.82 Å². The van der Waals surface area contributed by atoms with Crippen molar-refractivity contribution in [3.05, 3.63) is 36.5 Å². The Labute approximate surface area is 148 Å². The van der Waals surface area contributed by atoms with Gasteiger partial charge in [-0.25, -0.2) is 13.4 Å². The van der Waals surface area contributed by atoms with Gasteiger partial charge in [-0.05, 0) is 37.6 Å². The summed E-state index contributed by atoms with van der Waals surface area (Å²) < 4.78 is 37.8. The third-order valence-corrected chi connectivity index (χ3v) is 5.07. The van der Waals surface area contributed by atoms with Crippen molar-refractivity contribution in [2.24, 2.45) is 0 Å². The zero-order chi connectivity index (χ0) is 18.4. The first-order valence-corrected chi connectivity index (χ1v) is 9.35. The maximum Gasteiger partial charge on any atom is 0.262 e. The van der Waals surface area contributed by atoms with E-state index in [1.165, 1.54) is 32.5 Å². The van der Waals surface area contributed by atoms with Gasteiger partial charge in [0, 0.05) is 12.1 Å². The molecule has 1 aromatic heterocycles. The molecule has 7 nitrogen and oxygen atoms in total. The van der Waals surface area contributed by atoms with Gasteiger partial charge in [-0.1, -0.05) is 6.92 Å². The van der Waals surface area contributed by atoms with Crippen molar-refractivity contribution in [3.63, 3.8) is 0 Å². The zero-order valence-electron chi connectivity index (χ0n) is 14.7. The normalized spacial score (nSPS) is 12.3. The number of anilines is 2. The second kappa shape index (κ2) is 8.06. The Bertz CT molecular complexity index is 807. The van der Waals surface area contributed by atoms with Crippen LogP contribution in [0.2, 0.25) is 0 Å². The monoisotopic (exact) mass is 365 g/mol. The molecule has 1 unspecified atom stereocenters. The number of sulfonamides is 1. The van der Waals surface area contributed by atoms with E-state index in [4.69, 9.17) is 9.47 Å². The molecule has 1 heterocycles. The number of nitrogens with one attached hydrogen (secondary N) is 2. The Morgan fingerprint density at radius 3 is 2.40 bits per heavy atom. The van der Waals surface area contributed by atoms with Crippen molar-refractivity contribution in [2.45, 2.75) is 31.2 Å². The van der Waals surface area contributed by atoms with E-state index >= 15 is 0 Å². The molecule has 8 heteroatoms. The number of methoxy groups -OCH3 is 2. The molecule has 0 spiro atoms. The van der Waals surface area contributed by atoms with Crippen molar-refractivity contribution in [3.8, 4) is 11.5 Å². The summed E-state index contributed by atoms with van der Waals surface area (Å²) in [5.41, 5.74) is 0.379. The third-order valence-electron chi connectivity index (χ3n) is 3.69. The van der Waals surface area contributed by atoms with Crippen LogP contribution in [0, 0.1) is 0 Å². The molecule has 0 aliphatic carbocycles. The van der Waals surface area contributed by atoms with Gasteiger partial charge in [-0.2, -0.15) is 0 Å². The first-order valence-electron chi connectivity index (χ1n) is 7.87. The molecule has 136 valence electrons. The summed E-state index contributed by atoms with van der Waals surface area (Å²) in [4.78, 5) is 4.30. The van der Waals surface area contributed by atoms with E-state index in [1.807, 2.05) is 0 Å². The lowest BCUT2D eigenvalue weighted by atomic mass is 10.2. The van der Waals surface area contributed by atoms with Gasteiger partial charge in [-0.15, -0.1) is 0 Å². The number of rotatable bonds is 8. The van der Waals surface area contributed by atoms with Gasteiger partial charge >= 0.3 is 0 Å². The topological polar surface area (TPSA) is 89.5 Å². The van der Waals surface area contributed by atoms with Crippen molar-refractivity contribution in [2.75, 3.05) is 24.3 Å². The van der Waals surface area contributed by atoms with Crippen LogP contribution in [-0.2, 0) is 10.0 Å². The Kier molecular flexibility index (Phi) is 6.08. The van der Waals surface area contributed by atoms with Gasteiger partial charge in [-0.3, -0.25) is 4.72 Å². The molecule has 0 aliphatic rings. The second-order valence-electron chi connectivity index (χ2n) is 5.51. The fourth-order valence-electron chi connectivity index (χ4n) is 2.09. The highest BCUT2D eigenvalue weighted by Crippen LogP contribution is 2.30.